The third-order valence-electron chi connectivity index (χ3n) is 4.77. The molecule has 0 radical (unpaired) electrons. The number of nitrogens with one attached hydrogen (secondary N) is 1. The van der Waals surface area contributed by atoms with Crippen LogP contribution in [0.5, 0.6) is 0 Å². The Balaban J connectivity index is 2.09. The third-order valence-corrected chi connectivity index (χ3v) is 6.49. The van der Waals surface area contributed by atoms with E-state index in [2.05, 4.69) is 30.4 Å². The van der Waals surface area contributed by atoms with E-state index in [1.807, 2.05) is 26.0 Å². The van der Waals surface area contributed by atoms with Crippen molar-refractivity contribution in [2.75, 3.05) is 12.3 Å². The van der Waals surface area contributed by atoms with E-state index in [0.29, 0.717) is 22.5 Å². The summed E-state index contributed by atoms with van der Waals surface area (Å²) in [6, 6.07) is 12.9. The Kier molecular flexibility index (Phi) is 10.2. The normalized spacial score (nSPS) is 12.0. The highest BCUT2D eigenvalue weighted by molar-refractivity contribution is 7.99. The van der Waals surface area contributed by atoms with Crippen molar-refractivity contribution in [2.45, 2.75) is 46.0 Å². The largest absolute Gasteiger partial charge is 0.354 e. The van der Waals surface area contributed by atoms with Gasteiger partial charge in [-0.25, -0.2) is 0 Å². The molecule has 0 saturated carbocycles. The molecule has 2 amide bonds. The Bertz CT molecular complexity index is 905. The van der Waals surface area contributed by atoms with E-state index in [4.69, 9.17) is 23.2 Å². The number of halogens is 2. The number of rotatable bonds is 10. The fourth-order valence-electron chi connectivity index (χ4n) is 3.01. The predicted molar refractivity (Wildman–Crippen MR) is 132 cm³/mol. The zero-order valence-corrected chi connectivity index (χ0v) is 20.8. The van der Waals surface area contributed by atoms with Crippen molar-refractivity contribution in [2.24, 2.45) is 5.92 Å². The molecule has 1 atom stereocenters. The number of hydrogen-bond donors (Lipinski definition) is 1. The third kappa shape index (κ3) is 8.40. The fourth-order valence-corrected chi connectivity index (χ4v) is 4.19. The second-order valence-corrected chi connectivity index (χ2v) is 9.87. The van der Waals surface area contributed by atoms with Crippen molar-refractivity contribution in [3.63, 3.8) is 0 Å². The lowest BCUT2D eigenvalue weighted by molar-refractivity contribution is -0.138. The van der Waals surface area contributed by atoms with Gasteiger partial charge >= 0.3 is 0 Å². The lowest BCUT2D eigenvalue weighted by Gasteiger charge is -2.29. The van der Waals surface area contributed by atoms with Crippen molar-refractivity contribution >= 4 is 46.8 Å². The summed E-state index contributed by atoms with van der Waals surface area (Å²) in [6.45, 7) is 8.74. The van der Waals surface area contributed by atoms with Gasteiger partial charge in [0, 0.05) is 18.8 Å². The molecule has 0 aliphatic rings. The summed E-state index contributed by atoms with van der Waals surface area (Å²) in [5, 5.41) is 3.81. The molecule has 7 heteroatoms. The van der Waals surface area contributed by atoms with E-state index in [1.54, 1.807) is 35.7 Å². The van der Waals surface area contributed by atoms with Gasteiger partial charge in [-0.15, -0.1) is 11.8 Å². The van der Waals surface area contributed by atoms with Crippen LogP contribution in [0.25, 0.3) is 0 Å². The standard InChI is InChI=1S/C24H30Cl2N2O2S/c1-16(2)12-27-24(30)18(4)28(13-19-8-9-21(25)22(26)11-19)23(29)15-31-14-20-7-5-6-17(3)10-20/h5-11,16,18H,12-15H2,1-4H3,(H,27,30). The first-order valence-corrected chi connectivity index (χ1v) is 12.2. The maximum Gasteiger partial charge on any atom is 0.242 e. The molecular formula is C24H30Cl2N2O2S. The van der Waals surface area contributed by atoms with Crippen LogP contribution in [0.2, 0.25) is 10.0 Å². The van der Waals surface area contributed by atoms with Gasteiger partial charge in [-0.05, 0) is 43.0 Å². The maximum absolute atomic E-state index is 13.1. The number of hydrogen-bond acceptors (Lipinski definition) is 3. The maximum atomic E-state index is 13.1. The quantitative estimate of drug-likeness (QED) is 0.472. The molecule has 0 saturated heterocycles. The smallest absolute Gasteiger partial charge is 0.242 e. The molecule has 0 heterocycles. The summed E-state index contributed by atoms with van der Waals surface area (Å²) in [4.78, 5) is 27.4. The molecule has 168 valence electrons. The van der Waals surface area contributed by atoms with E-state index in [-0.39, 0.29) is 24.1 Å². The van der Waals surface area contributed by atoms with Gasteiger partial charge in [0.1, 0.15) is 6.04 Å². The van der Waals surface area contributed by atoms with E-state index in [9.17, 15) is 9.59 Å². The number of aryl methyl sites for hydroxylation is 1. The van der Waals surface area contributed by atoms with Gasteiger partial charge < -0.3 is 10.2 Å². The van der Waals surface area contributed by atoms with Crippen molar-refractivity contribution < 1.29 is 9.59 Å². The van der Waals surface area contributed by atoms with Crippen LogP contribution in [-0.2, 0) is 21.9 Å². The first-order valence-electron chi connectivity index (χ1n) is 10.3. The minimum absolute atomic E-state index is 0.0871. The van der Waals surface area contributed by atoms with E-state index < -0.39 is 6.04 Å². The number of benzene rings is 2. The molecule has 0 aliphatic carbocycles. The van der Waals surface area contributed by atoms with Crippen LogP contribution in [0.1, 0.15) is 37.5 Å². The van der Waals surface area contributed by atoms with E-state index >= 15 is 0 Å². The first-order chi connectivity index (χ1) is 14.7. The summed E-state index contributed by atoms with van der Waals surface area (Å²) < 4.78 is 0. The molecule has 1 unspecified atom stereocenters. The average Bonchev–Trinajstić information content (AvgIpc) is 2.72. The molecular weight excluding hydrogens is 451 g/mol. The van der Waals surface area contributed by atoms with Crippen LogP contribution in [0.3, 0.4) is 0 Å². The molecule has 2 aromatic rings. The SMILES string of the molecule is Cc1cccc(CSCC(=O)N(Cc2ccc(Cl)c(Cl)c2)C(C)C(=O)NCC(C)C)c1. The van der Waals surface area contributed by atoms with Gasteiger partial charge in [0.2, 0.25) is 11.8 Å². The summed E-state index contributed by atoms with van der Waals surface area (Å²) in [7, 11) is 0. The Morgan fingerprint density at radius 3 is 2.42 bits per heavy atom. The molecule has 31 heavy (non-hydrogen) atoms. The lowest BCUT2D eigenvalue weighted by Crippen LogP contribution is -2.48. The highest BCUT2D eigenvalue weighted by Crippen LogP contribution is 2.24. The van der Waals surface area contributed by atoms with Crippen LogP contribution in [0.15, 0.2) is 42.5 Å². The van der Waals surface area contributed by atoms with Crippen molar-refractivity contribution in [1.29, 1.82) is 0 Å². The number of nitrogens with zero attached hydrogens (tertiary/aromatic N) is 1. The molecule has 1 N–H and O–H groups in total. The Hall–Kier alpha value is -1.69. The highest BCUT2D eigenvalue weighted by Gasteiger charge is 2.26. The van der Waals surface area contributed by atoms with Crippen LogP contribution in [0, 0.1) is 12.8 Å². The molecule has 0 fully saturated rings. The number of carbonyl (C=O) groups excluding carboxylic acids is 2. The second-order valence-electron chi connectivity index (χ2n) is 8.07. The zero-order chi connectivity index (χ0) is 23.0. The number of thioether (sulfide) groups is 1. The zero-order valence-electron chi connectivity index (χ0n) is 18.5. The fraction of sp³-hybridized carbons (Fsp3) is 0.417. The molecule has 2 rings (SSSR count). The molecule has 4 nitrogen and oxygen atoms in total. The van der Waals surface area contributed by atoms with E-state index in [0.717, 1.165) is 11.3 Å². The molecule has 0 aromatic heterocycles. The Morgan fingerprint density at radius 1 is 1.03 bits per heavy atom. The van der Waals surface area contributed by atoms with Gasteiger partial charge in [0.05, 0.1) is 15.8 Å². The topological polar surface area (TPSA) is 49.4 Å². The summed E-state index contributed by atoms with van der Waals surface area (Å²) in [5.74, 6) is 1.11. The Morgan fingerprint density at radius 2 is 1.77 bits per heavy atom. The summed E-state index contributed by atoms with van der Waals surface area (Å²) in [6.07, 6.45) is 0. The minimum atomic E-state index is -0.597. The van der Waals surface area contributed by atoms with Crippen LogP contribution < -0.4 is 5.32 Å². The van der Waals surface area contributed by atoms with Crippen LogP contribution in [0.4, 0.5) is 0 Å². The predicted octanol–water partition coefficient (Wildman–Crippen LogP) is 5.72. The molecule has 2 aromatic carbocycles. The summed E-state index contributed by atoms with van der Waals surface area (Å²) >= 11 is 13.7. The number of amides is 2. The van der Waals surface area contributed by atoms with Crippen molar-refractivity contribution in [3.05, 3.63) is 69.2 Å². The monoisotopic (exact) mass is 480 g/mol. The van der Waals surface area contributed by atoms with Crippen molar-refractivity contribution in [1.82, 2.24) is 10.2 Å². The minimum Gasteiger partial charge on any atom is -0.354 e. The van der Waals surface area contributed by atoms with Gasteiger partial charge in [-0.3, -0.25) is 9.59 Å². The van der Waals surface area contributed by atoms with Gasteiger partial charge in [0.15, 0.2) is 0 Å². The Labute approximate surface area is 199 Å². The number of carbonyl (C=O) groups is 2. The average molecular weight is 481 g/mol. The molecule has 0 spiro atoms. The second kappa shape index (κ2) is 12.4. The highest BCUT2D eigenvalue weighted by atomic mass is 35.5. The van der Waals surface area contributed by atoms with Gasteiger partial charge in [0.25, 0.3) is 0 Å². The van der Waals surface area contributed by atoms with Gasteiger partial charge in [-0.1, -0.05) is 72.9 Å². The summed E-state index contributed by atoms with van der Waals surface area (Å²) in [5.41, 5.74) is 3.20. The lowest BCUT2D eigenvalue weighted by atomic mass is 10.1. The van der Waals surface area contributed by atoms with Crippen molar-refractivity contribution in [3.8, 4) is 0 Å². The van der Waals surface area contributed by atoms with E-state index in [1.165, 1.54) is 11.1 Å². The first kappa shape index (κ1) is 25.6. The molecule has 0 bridgehead atoms. The molecule has 0 aliphatic heterocycles. The van der Waals surface area contributed by atoms with Crippen LogP contribution in [-0.4, -0.2) is 35.1 Å². The van der Waals surface area contributed by atoms with Crippen LogP contribution >= 0.6 is 35.0 Å². The van der Waals surface area contributed by atoms with Gasteiger partial charge in [-0.2, -0.15) is 0 Å².